The largest absolute Gasteiger partial charge is 0.502 e. The molecule has 1 heterocycles. The lowest BCUT2D eigenvalue weighted by atomic mass is 10.1. The number of thioether (sulfide) groups is 1. The first kappa shape index (κ1) is 22.9. The first-order valence-electron chi connectivity index (χ1n) is 9.03. The molecule has 2 amide bonds. The fourth-order valence-corrected chi connectivity index (χ4v) is 4.40. The number of phenolic OH excluding ortho intramolecular Hbond substituents is 1. The van der Waals surface area contributed by atoms with Gasteiger partial charge in [0.25, 0.3) is 5.91 Å². The van der Waals surface area contributed by atoms with Gasteiger partial charge in [-0.05, 0) is 55.0 Å². The molecule has 0 spiro atoms. The Hall–Kier alpha value is -2.75. The summed E-state index contributed by atoms with van der Waals surface area (Å²) < 4.78 is 10.6. The number of ether oxygens (including phenoxy) is 2. The molecule has 1 aliphatic heterocycles. The van der Waals surface area contributed by atoms with E-state index in [1.807, 2.05) is 0 Å². The standard InChI is InChI=1S/C21H19ClN2O5S2/c1-11(19(26)23-14-6-4-13(22)5-7-14)24-20(27)17(31-21(24)30)10-12-8-15(28-2)18(25)16(9-12)29-3/h4-11,25H,1-3H3,(H,23,26)/b17-10-. The number of benzene rings is 2. The number of hydrogen-bond donors (Lipinski definition) is 2. The lowest BCUT2D eigenvalue weighted by Gasteiger charge is -2.22. The topological polar surface area (TPSA) is 88.1 Å². The highest BCUT2D eigenvalue weighted by Gasteiger charge is 2.38. The molecule has 10 heteroatoms. The Morgan fingerprint density at radius 2 is 1.81 bits per heavy atom. The van der Waals surface area contributed by atoms with Crippen molar-refractivity contribution in [3.8, 4) is 17.2 Å². The molecule has 1 fully saturated rings. The van der Waals surface area contributed by atoms with Gasteiger partial charge in [-0.15, -0.1) is 0 Å². The van der Waals surface area contributed by atoms with Crippen LogP contribution < -0.4 is 14.8 Å². The number of nitrogens with one attached hydrogen (secondary N) is 1. The Morgan fingerprint density at radius 1 is 1.23 bits per heavy atom. The molecule has 162 valence electrons. The molecule has 0 bridgehead atoms. The quantitative estimate of drug-likeness (QED) is 0.473. The maximum atomic E-state index is 13.0. The van der Waals surface area contributed by atoms with E-state index in [2.05, 4.69) is 5.32 Å². The zero-order valence-electron chi connectivity index (χ0n) is 16.8. The monoisotopic (exact) mass is 478 g/mol. The second kappa shape index (κ2) is 9.59. The summed E-state index contributed by atoms with van der Waals surface area (Å²) in [6.07, 6.45) is 1.60. The Kier molecular flexibility index (Phi) is 7.09. The lowest BCUT2D eigenvalue weighted by Crippen LogP contribution is -2.44. The number of thiocarbonyl (C=S) groups is 1. The van der Waals surface area contributed by atoms with Crippen molar-refractivity contribution in [3.63, 3.8) is 0 Å². The van der Waals surface area contributed by atoms with Gasteiger partial charge in [0.2, 0.25) is 11.7 Å². The zero-order valence-corrected chi connectivity index (χ0v) is 19.2. The summed E-state index contributed by atoms with van der Waals surface area (Å²) in [5.74, 6) is -0.497. The van der Waals surface area contributed by atoms with Gasteiger partial charge in [0.1, 0.15) is 10.4 Å². The SMILES string of the molecule is COc1cc(/C=C2\SC(=S)N(C(C)C(=O)Nc3ccc(Cl)cc3)C2=O)cc(OC)c1O. The number of carbonyl (C=O) groups excluding carboxylic acids is 2. The summed E-state index contributed by atoms with van der Waals surface area (Å²) in [5.41, 5.74) is 1.13. The van der Waals surface area contributed by atoms with Crippen LogP contribution in [-0.4, -0.2) is 46.4 Å². The van der Waals surface area contributed by atoms with Crippen LogP contribution in [0.25, 0.3) is 6.08 Å². The maximum absolute atomic E-state index is 13.0. The maximum Gasteiger partial charge on any atom is 0.266 e. The van der Waals surface area contributed by atoms with Crippen LogP contribution in [-0.2, 0) is 9.59 Å². The predicted octanol–water partition coefficient (Wildman–Crippen LogP) is 4.29. The van der Waals surface area contributed by atoms with Gasteiger partial charge in [-0.1, -0.05) is 35.6 Å². The molecule has 1 atom stereocenters. The second-order valence-electron chi connectivity index (χ2n) is 6.50. The normalized spacial score (nSPS) is 15.9. The molecular weight excluding hydrogens is 460 g/mol. The van der Waals surface area contributed by atoms with Crippen molar-refractivity contribution >= 4 is 63.5 Å². The van der Waals surface area contributed by atoms with Crippen LogP contribution in [0.2, 0.25) is 5.02 Å². The van der Waals surface area contributed by atoms with E-state index in [0.717, 1.165) is 11.8 Å². The first-order valence-corrected chi connectivity index (χ1v) is 10.6. The van der Waals surface area contributed by atoms with Crippen molar-refractivity contribution < 1.29 is 24.2 Å². The van der Waals surface area contributed by atoms with Crippen molar-refractivity contribution in [2.75, 3.05) is 19.5 Å². The van der Waals surface area contributed by atoms with E-state index in [1.165, 1.54) is 19.1 Å². The number of nitrogens with zero attached hydrogens (tertiary/aromatic N) is 1. The van der Waals surface area contributed by atoms with Crippen molar-refractivity contribution in [3.05, 3.63) is 51.9 Å². The van der Waals surface area contributed by atoms with Gasteiger partial charge in [-0.3, -0.25) is 14.5 Å². The summed E-state index contributed by atoms with van der Waals surface area (Å²) >= 11 is 12.3. The van der Waals surface area contributed by atoms with Crippen LogP contribution >= 0.6 is 35.6 Å². The highest BCUT2D eigenvalue weighted by atomic mass is 35.5. The van der Waals surface area contributed by atoms with E-state index in [1.54, 1.807) is 49.4 Å². The molecule has 31 heavy (non-hydrogen) atoms. The number of phenols is 1. The molecule has 1 aliphatic rings. The minimum absolute atomic E-state index is 0.137. The number of carbonyl (C=O) groups is 2. The van der Waals surface area contributed by atoms with Crippen LogP contribution in [0.5, 0.6) is 17.2 Å². The summed E-state index contributed by atoms with van der Waals surface area (Å²) in [6, 6.07) is 8.97. The predicted molar refractivity (Wildman–Crippen MR) is 126 cm³/mol. The average Bonchev–Trinajstić information content (AvgIpc) is 3.02. The van der Waals surface area contributed by atoms with Crippen molar-refractivity contribution in [1.29, 1.82) is 0 Å². The van der Waals surface area contributed by atoms with Crippen molar-refractivity contribution in [2.45, 2.75) is 13.0 Å². The molecule has 1 unspecified atom stereocenters. The number of rotatable bonds is 6. The Labute approximate surface area is 194 Å². The smallest absolute Gasteiger partial charge is 0.266 e. The minimum Gasteiger partial charge on any atom is -0.502 e. The van der Waals surface area contributed by atoms with Crippen LogP contribution in [0.1, 0.15) is 12.5 Å². The zero-order chi connectivity index (χ0) is 22.7. The second-order valence-corrected chi connectivity index (χ2v) is 8.61. The fraction of sp³-hybridized carbons (Fsp3) is 0.190. The highest BCUT2D eigenvalue weighted by Crippen LogP contribution is 2.40. The van der Waals surface area contributed by atoms with Gasteiger partial charge in [-0.2, -0.15) is 0 Å². The van der Waals surface area contributed by atoms with Crippen LogP contribution in [0, 0.1) is 0 Å². The van der Waals surface area contributed by atoms with Crippen LogP contribution in [0.4, 0.5) is 5.69 Å². The van der Waals surface area contributed by atoms with Gasteiger partial charge in [-0.25, -0.2) is 0 Å². The summed E-state index contributed by atoms with van der Waals surface area (Å²) in [6.45, 7) is 1.60. The molecule has 1 saturated heterocycles. The summed E-state index contributed by atoms with van der Waals surface area (Å²) in [7, 11) is 2.83. The minimum atomic E-state index is -0.821. The van der Waals surface area contributed by atoms with Crippen LogP contribution in [0.15, 0.2) is 41.3 Å². The molecule has 0 radical (unpaired) electrons. The molecule has 0 saturated carbocycles. The Balaban J connectivity index is 1.81. The molecule has 7 nitrogen and oxygen atoms in total. The first-order chi connectivity index (χ1) is 14.7. The van der Waals surface area contributed by atoms with E-state index in [4.69, 9.17) is 33.3 Å². The number of halogens is 1. The van der Waals surface area contributed by atoms with E-state index in [-0.39, 0.29) is 33.4 Å². The third kappa shape index (κ3) is 4.95. The summed E-state index contributed by atoms with van der Waals surface area (Å²) in [5, 5.41) is 13.4. The van der Waals surface area contributed by atoms with E-state index in [0.29, 0.717) is 21.2 Å². The van der Waals surface area contributed by atoms with Gasteiger partial charge in [0.15, 0.2) is 11.5 Å². The molecule has 2 N–H and O–H groups in total. The number of amides is 2. The molecule has 0 aromatic heterocycles. The number of aromatic hydroxyl groups is 1. The highest BCUT2D eigenvalue weighted by molar-refractivity contribution is 8.26. The van der Waals surface area contributed by atoms with Gasteiger partial charge < -0.3 is 19.9 Å². The van der Waals surface area contributed by atoms with Crippen molar-refractivity contribution in [2.24, 2.45) is 0 Å². The van der Waals surface area contributed by atoms with E-state index >= 15 is 0 Å². The van der Waals surface area contributed by atoms with Gasteiger partial charge in [0, 0.05) is 10.7 Å². The number of hydrogen-bond acceptors (Lipinski definition) is 7. The van der Waals surface area contributed by atoms with E-state index < -0.39 is 6.04 Å². The third-order valence-electron chi connectivity index (χ3n) is 4.50. The molecule has 2 aromatic carbocycles. The van der Waals surface area contributed by atoms with Crippen molar-refractivity contribution in [1.82, 2.24) is 4.90 Å². The summed E-state index contributed by atoms with van der Waals surface area (Å²) in [4.78, 5) is 27.2. The number of anilines is 1. The molecular formula is C21H19ClN2O5S2. The fourth-order valence-electron chi connectivity index (χ4n) is 2.86. The average molecular weight is 479 g/mol. The Bertz CT molecular complexity index is 1050. The molecule has 3 rings (SSSR count). The number of methoxy groups -OCH3 is 2. The lowest BCUT2D eigenvalue weighted by molar-refractivity contribution is -0.129. The third-order valence-corrected chi connectivity index (χ3v) is 6.08. The van der Waals surface area contributed by atoms with Crippen LogP contribution in [0.3, 0.4) is 0 Å². The van der Waals surface area contributed by atoms with Gasteiger partial charge in [0.05, 0.1) is 19.1 Å². The molecule has 2 aromatic rings. The Morgan fingerprint density at radius 3 is 2.35 bits per heavy atom. The molecule has 0 aliphatic carbocycles. The van der Waals surface area contributed by atoms with Gasteiger partial charge >= 0.3 is 0 Å². The van der Waals surface area contributed by atoms with E-state index in [9.17, 15) is 14.7 Å².